The Kier molecular flexibility index (Phi) is 3.35. The van der Waals surface area contributed by atoms with Crippen LogP contribution in [-0.2, 0) is 0 Å². The van der Waals surface area contributed by atoms with Crippen molar-refractivity contribution in [3.05, 3.63) is 58.8 Å². The average molecular weight is 336 g/mol. The topological polar surface area (TPSA) is 51.0 Å². The highest BCUT2D eigenvalue weighted by molar-refractivity contribution is 7.10. The van der Waals surface area contributed by atoms with E-state index < -0.39 is 0 Å². The van der Waals surface area contributed by atoms with E-state index in [0.29, 0.717) is 5.39 Å². The number of fused-ring (bicyclic) bond motifs is 3. The summed E-state index contributed by atoms with van der Waals surface area (Å²) in [6.07, 6.45) is 3.37. The maximum atomic E-state index is 13.1. The molecule has 6 heteroatoms. The fraction of sp³-hybridized carbons (Fsp3) is 0.167. The minimum absolute atomic E-state index is 0.0637. The number of aryl methyl sites for hydroxylation is 1. The first-order chi connectivity index (χ1) is 11.6. The van der Waals surface area contributed by atoms with Crippen LogP contribution in [-0.4, -0.2) is 28.0 Å². The van der Waals surface area contributed by atoms with E-state index in [1.165, 1.54) is 11.5 Å². The monoisotopic (exact) mass is 336 g/mol. The fourth-order valence-corrected chi connectivity index (χ4v) is 3.75. The van der Waals surface area contributed by atoms with E-state index in [1.807, 2.05) is 56.3 Å². The number of nitrogens with zero attached hydrogens (tertiary/aromatic N) is 4. The van der Waals surface area contributed by atoms with E-state index in [4.69, 9.17) is 0 Å². The highest BCUT2D eigenvalue weighted by atomic mass is 32.1. The molecule has 1 aromatic carbocycles. The van der Waals surface area contributed by atoms with Gasteiger partial charge in [-0.1, -0.05) is 17.7 Å². The van der Waals surface area contributed by atoms with Crippen molar-refractivity contribution < 1.29 is 0 Å². The molecule has 0 saturated carbocycles. The fourth-order valence-electron chi connectivity index (χ4n) is 2.99. The van der Waals surface area contributed by atoms with Crippen molar-refractivity contribution in [2.75, 3.05) is 19.0 Å². The third kappa shape index (κ3) is 2.11. The van der Waals surface area contributed by atoms with Gasteiger partial charge in [0, 0.05) is 25.9 Å². The van der Waals surface area contributed by atoms with Crippen LogP contribution in [0.25, 0.3) is 27.0 Å². The Morgan fingerprint density at radius 2 is 1.88 bits per heavy atom. The first kappa shape index (κ1) is 14.8. The Labute approximate surface area is 143 Å². The lowest BCUT2D eigenvalue weighted by molar-refractivity contribution is 0.963. The van der Waals surface area contributed by atoms with Gasteiger partial charge in [-0.2, -0.15) is 0 Å². The van der Waals surface area contributed by atoms with E-state index in [1.54, 1.807) is 17.1 Å². The smallest absolute Gasteiger partial charge is 0.267 e. The molecule has 1 aromatic heterocycles. The first-order valence-electron chi connectivity index (χ1n) is 7.60. The molecule has 120 valence electrons. The Bertz CT molecular complexity index is 1060. The lowest BCUT2D eigenvalue weighted by Gasteiger charge is -2.13. The Morgan fingerprint density at radius 3 is 2.58 bits per heavy atom. The number of rotatable bonds is 2. The molecule has 24 heavy (non-hydrogen) atoms. The predicted octanol–water partition coefficient (Wildman–Crippen LogP) is 3.32. The summed E-state index contributed by atoms with van der Waals surface area (Å²) < 4.78 is 5.84. The number of aromatic nitrogens is 3. The summed E-state index contributed by atoms with van der Waals surface area (Å²) in [6, 6.07) is 9.79. The van der Waals surface area contributed by atoms with Gasteiger partial charge < -0.3 is 4.90 Å². The third-order valence-corrected chi connectivity index (χ3v) is 4.96. The second-order valence-electron chi connectivity index (χ2n) is 5.98. The van der Waals surface area contributed by atoms with Crippen LogP contribution in [0.1, 0.15) is 5.56 Å². The van der Waals surface area contributed by atoms with E-state index in [0.717, 1.165) is 32.9 Å². The van der Waals surface area contributed by atoms with Gasteiger partial charge in [0.2, 0.25) is 0 Å². The molecule has 0 saturated heterocycles. The summed E-state index contributed by atoms with van der Waals surface area (Å²) in [4.78, 5) is 20.6. The summed E-state index contributed by atoms with van der Waals surface area (Å²) in [5.41, 5.74) is 4.61. The van der Waals surface area contributed by atoms with Crippen LogP contribution in [0.4, 0.5) is 5.69 Å². The zero-order valence-electron chi connectivity index (χ0n) is 13.6. The van der Waals surface area contributed by atoms with Crippen LogP contribution in [0.15, 0.2) is 47.7 Å². The van der Waals surface area contributed by atoms with E-state index >= 15 is 0 Å². The molecule has 4 rings (SSSR count). The summed E-state index contributed by atoms with van der Waals surface area (Å²) in [7, 11) is 3.93. The maximum absolute atomic E-state index is 13.1. The van der Waals surface area contributed by atoms with Gasteiger partial charge in [-0.3, -0.25) is 9.36 Å². The lowest BCUT2D eigenvalue weighted by atomic mass is 10.2. The molecule has 1 aliphatic heterocycles. The zero-order chi connectivity index (χ0) is 16.8. The molecular weight excluding hydrogens is 320 g/mol. The lowest BCUT2D eigenvalue weighted by Crippen LogP contribution is -2.18. The third-order valence-electron chi connectivity index (χ3n) is 4.13. The molecule has 0 unspecified atom stereocenters. The SMILES string of the molecule is Cc1ccc(-n2cnc3c(N(C)C)c4ccnsc-4c3c2=O)cc1. The van der Waals surface area contributed by atoms with Crippen molar-refractivity contribution in [3.63, 3.8) is 0 Å². The Balaban J connectivity index is 2.09. The van der Waals surface area contributed by atoms with Crippen LogP contribution in [0.5, 0.6) is 0 Å². The maximum Gasteiger partial charge on any atom is 0.267 e. The molecule has 2 aliphatic rings. The van der Waals surface area contributed by atoms with Crippen LogP contribution in [0.2, 0.25) is 0 Å². The van der Waals surface area contributed by atoms with E-state index in [9.17, 15) is 4.79 Å². The van der Waals surface area contributed by atoms with Gasteiger partial charge in [0.1, 0.15) is 11.8 Å². The van der Waals surface area contributed by atoms with Crippen molar-refractivity contribution >= 4 is 28.1 Å². The van der Waals surface area contributed by atoms with Gasteiger partial charge >= 0.3 is 0 Å². The molecule has 0 bridgehead atoms. The molecular formula is C18H16N4OS. The normalized spacial score (nSPS) is 11.3. The zero-order valence-corrected chi connectivity index (χ0v) is 14.5. The minimum atomic E-state index is -0.0637. The van der Waals surface area contributed by atoms with Gasteiger partial charge in [-0.25, -0.2) is 9.36 Å². The van der Waals surface area contributed by atoms with Gasteiger partial charge in [0.25, 0.3) is 5.56 Å². The number of hydrogen-bond donors (Lipinski definition) is 0. The highest BCUT2D eigenvalue weighted by Crippen LogP contribution is 2.43. The number of benzene rings is 1. The summed E-state index contributed by atoms with van der Waals surface area (Å²) >= 11 is 1.34. The van der Waals surface area contributed by atoms with Crippen LogP contribution in [0, 0.1) is 6.92 Å². The molecule has 0 radical (unpaired) electrons. The summed E-state index contributed by atoms with van der Waals surface area (Å²) in [5, 5.41) is 0.634. The van der Waals surface area contributed by atoms with E-state index in [2.05, 4.69) is 9.36 Å². The molecule has 0 N–H and O–H groups in total. The summed E-state index contributed by atoms with van der Waals surface area (Å²) in [5.74, 6) is 0. The Morgan fingerprint density at radius 1 is 1.12 bits per heavy atom. The summed E-state index contributed by atoms with van der Waals surface area (Å²) in [6.45, 7) is 2.02. The number of anilines is 1. The molecule has 2 aromatic rings. The van der Waals surface area contributed by atoms with Crippen molar-refractivity contribution in [2.45, 2.75) is 6.92 Å². The van der Waals surface area contributed by atoms with Crippen LogP contribution < -0.4 is 10.5 Å². The van der Waals surface area contributed by atoms with Gasteiger partial charge in [0.15, 0.2) is 0 Å². The quantitative estimate of drug-likeness (QED) is 0.563. The van der Waals surface area contributed by atoms with Crippen LogP contribution >= 0.6 is 11.5 Å². The Hall–Kier alpha value is -2.73. The second kappa shape index (κ2) is 5.42. The van der Waals surface area contributed by atoms with E-state index in [-0.39, 0.29) is 5.56 Å². The first-order valence-corrected chi connectivity index (χ1v) is 8.37. The van der Waals surface area contributed by atoms with Crippen molar-refractivity contribution in [1.82, 2.24) is 13.9 Å². The molecule has 0 fully saturated rings. The molecule has 0 amide bonds. The molecule has 0 atom stereocenters. The van der Waals surface area contributed by atoms with Gasteiger partial charge in [0.05, 0.1) is 21.6 Å². The molecule has 2 heterocycles. The van der Waals surface area contributed by atoms with Crippen LogP contribution in [0.3, 0.4) is 0 Å². The standard InChI is InChI=1S/C18H16N4OS/c1-11-4-6-12(7-5-11)22-10-19-15-14(18(22)23)17-13(8-9-20-24-17)16(15)21(2)3/h4-10H,1-3H3. The van der Waals surface area contributed by atoms with Gasteiger partial charge in [-0.05, 0) is 36.7 Å². The molecule has 0 spiro atoms. The minimum Gasteiger partial charge on any atom is -0.375 e. The van der Waals surface area contributed by atoms with Crippen molar-refractivity contribution in [1.29, 1.82) is 0 Å². The highest BCUT2D eigenvalue weighted by Gasteiger charge is 2.24. The largest absolute Gasteiger partial charge is 0.375 e. The van der Waals surface area contributed by atoms with Crippen molar-refractivity contribution in [3.8, 4) is 16.1 Å². The second-order valence-corrected chi connectivity index (χ2v) is 6.78. The molecule has 1 aliphatic carbocycles. The van der Waals surface area contributed by atoms with Gasteiger partial charge in [-0.15, -0.1) is 0 Å². The number of hydrogen-bond acceptors (Lipinski definition) is 5. The molecule has 5 nitrogen and oxygen atoms in total. The predicted molar refractivity (Wildman–Crippen MR) is 98.7 cm³/mol. The van der Waals surface area contributed by atoms with Crippen molar-refractivity contribution in [2.24, 2.45) is 0 Å². The average Bonchev–Trinajstić information content (AvgIpc) is 2.91.